The lowest BCUT2D eigenvalue weighted by molar-refractivity contribution is 0.154. The first kappa shape index (κ1) is 13.8. The summed E-state index contributed by atoms with van der Waals surface area (Å²) in [6, 6.07) is 5.97. The summed E-state index contributed by atoms with van der Waals surface area (Å²) < 4.78 is 5.34. The maximum atomic E-state index is 6.15. The number of anilines is 1. The number of alkyl halides is 1. The summed E-state index contributed by atoms with van der Waals surface area (Å²) in [4.78, 5) is 2.16. The van der Waals surface area contributed by atoms with Gasteiger partial charge in [0, 0.05) is 41.8 Å². The number of hydrogen-bond donors (Lipinski definition) is 0. The molecular weight excluding hydrogens is 289 g/mol. The summed E-state index contributed by atoms with van der Waals surface area (Å²) in [5, 5.41) is 1.57. The number of hydrogen-bond acceptors (Lipinski definition) is 2. The van der Waals surface area contributed by atoms with Crippen molar-refractivity contribution in [1.82, 2.24) is 0 Å². The van der Waals surface area contributed by atoms with E-state index in [9.17, 15) is 0 Å². The van der Waals surface area contributed by atoms with Crippen LogP contribution in [0.3, 0.4) is 0 Å². The van der Waals surface area contributed by atoms with Crippen LogP contribution in [0.4, 0.5) is 5.69 Å². The minimum Gasteiger partial charge on any atom is -0.380 e. The van der Waals surface area contributed by atoms with Crippen molar-refractivity contribution in [1.29, 1.82) is 0 Å². The molecule has 0 saturated carbocycles. The Hall–Kier alpha value is -0.250. The van der Waals surface area contributed by atoms with Gasteiger partial charge in [0.15, 0.2) is 0 Å². The quantitative estimate of drug-likeness (QED) is 0.587. The summed E-state index contributed by atoms with van der Waals surface area (Å²) in [7, 11) is 2.05. The van der Waals surface area contributed by atoms with E-state index in [1.54, 1.807) is 0 Å². The Balaban J connectivity index is 2.74. The molecule has 0 aromatic heterocycles. The van der Waals surface area contributed by atoms with Crippen molar-refractivity contribution in [3.8, 4) is 0 Å². The highest BCUT2D eigenvalue weighted by molar-refractivity contribution is 9.08. The van der Waals surface area contributed by atoms with Crippen LogP contribution in [-0.2, 0) is 10.1 Å². The van der Waals surface area contributed by atoms with E-state index < -0.39 is 0 Å². The molecule has 0 spiro atoms. The second-order valence-electron chi connectivity index (χ2n) is 3.49. The van der Waals surface area contributed by atoms with Crippen molar-refractivity contribution in [3.05, 3.63) is 28.8 Å². The van der Waals surface area contributed by atoms with Gasteiger partial charge >= 0.3 is 0 Å². The van der Waals surface area contributed by atoms with E-state index in [-0.39, 0.29) is 0 Å². The van der Waals surface area contributed by atoms with Crippen molar-refractivity contribution in [2.24, 2.45) is 0 Å². The van der Waals surface area contributed by atoms with Crippen LogP contribution in [0.25, 0.3) is 0 Å². The zero-order valence-electron chi connectivity index (χ0n) is 9.67. The average Bonchev–Trinajstić information content (AvgIpc) is 2.29. The van der Waals surface area contributed by atoms with Gasteiger partial charge in [-0.3, -0.25) is 0 Å². The van der Waals surface area contributed by atoms with Gasteiger partial charge in [-0.1, -0.05) is 33.6 Å². The fourth-order valence-electron chi connectivity index (χ4n) is 1.50. The van der Waals surface area contributed by atoms with Gasteiger partial charge in [-0.25, -0.2) is 0 Å². The third-order valence-electron chi connectivity index (χ3n) is 2.41. The predicted octanol–water partition coefficient (Wildman–Crippen LogP) is 3.71. The van der Waals surface area contributed by atoms with E-state index in [1.165, 1.54) is 0 Å². The van der Waals surface area contributed by atoms with Crippen molar-refractivity contribution < 1.29 is 4.74 Å². The predicted molar refractivity (Wildman–Crippen MR) is 73.8 cm³/mol. The molecule has 0 saturated heterocycles. The normalized spacial score (nSPS) is 10.5. The molecule has 0 unspecified atom stereocenters. The highest BCUT2D eigenvalue weighted by Crippen LogP contribution is 2.28. The van der Waals surface area contributed by atoms with Crippen molar-refractivity contribution in [2.45, 2.75) is 12.3 Å². The minimum atomic E-state index is 0.737. The van der Waals surface area contributed by atoms with Crippen molar-refractivity contribution >= 4 is 33.2 Å². The fourth-order valence-corrected chi connectivity index (χ4v) is 2.49. The third-order valence-corrected chi connectivity index (χ3v) is 3.33. The molecule has 0 aliphatic heterocycles. The summed E-state index contributed by atoms with van der Waals surface area (Å²) in [6.45, 7) is 4.37. The van der Waals surface area contributed by atoms with Crippen LogP contribution in [-0.4, -0.2) is 26.8 Å². The fraction of sp³-hybridized carbons (Fsp3) is 0.500. The number of benzene rings is 1. The van der Waals surface area contributed by atoms with Gasteiger partial charge in [-0.05, 0) is 19.1 Å². The third kappa shape index (κ3) is 3.65. The van der Waals surface area contributed by atoms with Crippen molar-refractivity contribution in [2.75, 3.05) is 31.7 Å². The van der Waals surface area contributed by atoms with E-state index in [1.807, 2.05) is 19.1 Å². The number of ether oxygens (including phenoxy) is 1. The summed E-state index contributed by atoms with van der Waals surface area (Å²) >= 11 is 9.61. The Kier molecular flexibility index (Phi) is 6.17. The first-order chi connectivity index (χ1) is 7.70. The van der Waals surface area contributed by atoms with Gasteiger partial charge in [0.2, 0.25) is 0 Å². The summed E-state index contributed by atoms with van der Waals surface area (Å²) in [5.41, 5.74) is 2.28. The molecule has 1 aromatic carbocycles. The van der Waals surface area contributed by atoms with Crippen LogP contribution in [0.15, 0.2) is 18.2 Å². The van der Waals surface area contributed by atoms with E-state index in [0.717, 1.165) is 41.4 Å². The molecule has 0 amide bonds. The first-order valence-corrected chi connectivity index (χ1v) is 6.82. The molecule has 1 aromatic rings. The van der Waals surface area contributed by atoms with Gasteiger partial charge in [0.1, 0.15) is 0 Å². The van der Waals surface area contributed by atoms with Gasteiger partial charge in [0.25, 0.3) is 0 Å². The lowest BCUT2D eigenvalue weighted by Crippen LogP contribution is -2.23. The molecule has 1 rings (SSSR count). The molecule has 2 nitrogen and oxygen atoms in total. The number of rotatable bonds is 6. The molecule has 0 aliphatic carbocycles. The van der Waals surface area contributed by atoms with Crippen LogP contribution in [0, 0.1) is 0 Å². The largest absolute Gasteiger partial charge is 0.380 e. The van der Waals surface area contributed by atoms with Crippen LogP contribution < -0.4 is 4.90 Å². The first-order valence-electron chi connectivity index (χ1n) is 5.33. The monoisotopic (exact) mass is 305 g/mol. The number of nitrogens with zero attached hydrogens (tertiary/aromatic N) is 1. The second-order valence-corrected chi connectivity index (χ2v) is 4.46. The highest BCUT2D eigenvalue weighted by Gasteiger charge is 2.09. The average molecular weight is 307 g/mol. The lowest BCUT2D eigenvalue weighted by atomic mass is 10.2. The second kappa shape index (κ2) is 7.15. The maximum absolute atomic E-state index is 6.15. The SMILES string of the molecule is CCOCCN(C)c1cccc(Cl)c1CBr. The van der Waals surface area contributed by atoms with E-state index in [4.69, 9.17) is 16.3 Å². The Morgan fingerprint density at radius 1 is 1.44 bits per heavy atom. The maximum Gasteiger partial charge on any atom is 0.0641 e. The Morgan fingerprint density at radius 3 is 2.81 bits per heavy atom. The Morgan fingerprint density at radius 2 is 2.19 bits per heavy atom. The van der Waals surface area contributed by atoms with Gasteiger partial charge in [-0.15, -0.1) is 0 Å². The Labute approximate surface area is 111 Å². The minimum absolute atomic E-state index is 0.737. The van der Waals surface area contributed by atoms with Crippen molar-refractivity contribution in [3.63, 3.8) is 0 Å². The number of halogens is 2. The summed E-state index contributed by atoms with van der Waals surface area (Å²) in [6.07, 6.45) is 0. The zero-order valence-corrected chi connectivity index (χ0v) is 12.0. The molecular formula is C12H17BrClNO. The van der Waals surface area contributed by atoms with E-state index in [0.29, 0.717) is 0 Å². The highest BCUT2D eigenvalue weighted by atomic mass is 79.9. The van der Waals surface area contributed by atoms with Crippen LogP contribution in [0.1, 0.15) is 12.5 Å². The molecule has 4 heteroatoms. The van der Waals surface area contributed by atoms with Gasteiger partial charge in [-0.2, -0.15) is 0 Å². The molecule has 0 bridgehead atoms. The van der Waals surface area contributed by atoms with Crippen LogP contribution in [0.5, 0.6) is 0 Å². The summed E-state index contributed by atoms with van der Waals surface area (Å²) in [5.74, 6) is 0. The molecule has 0 fully saturated rings. The zero-order chi connectivity index (χ0) is 12.0. The van der Waals surface area contributed by atoms with E-state index in [2.05, 4.69) is 33.9 Å². The standard InChI is InChI=1S/C12H17BrClNO/c1-3-16-8-7-15(2)12-6-4-5-11(14)10(12)9-13/h4-6H,3,7-9H2,1-2H3. The molecule has 0 N–H and O–H groups in total. The molecule has 0 heterocycles. The van der Waals surface area contributed by atoms with E-state index >= 15 is 0 Å². The molecule has 0 aliphatic rings. The molecule has 0 radical (unpaired) electrons. The lowest BCUT2D eigenvalue weighted by Gasteiger charge is -2.22. The van der Waals surface area contributed by atoms with Gasteiger partial charge in [0.05, 0.1) is 6.61 Å². The molecule has 16 heavy (non-hydrogen) atoms. The topological polar surface area (TPSA) is 12.5 Å². The van der Waals surface area contributed by atoms with Crippen LogP contribution >= 0.6 is 27.5 Å². The molecule has 0 atom stereocenters. The van der Waals surface area contributed by atoms with Gasteiger partial charge < -0.3 is 9.64 Å². The smallest absolute Gasteiger partial charge is 0.0641 e. The Bertz CT molecular complexity index is 333. The molecule has 90 valence electrons. The van der Waals surface area contributed by atoms with Crippen LogP contribution in [0.2, 0.25) is 5.02 Å². The number of likely N-dealkylation sites (N-methyl/N-ethyl adjacent to an activating group) is 1.